The first-order chi connectivity index (χ1) is 10.0. The molecule has 2 aromatic rings. The van der Waals surface area contributed by atoms with Gasteiger partial charge in [0, 0.05) is 18.8 Å². The van der Waals surface area contributed by atoms with Crippen LogP contribution in [0, 0.1) is 6.92 Å². The largest absolute Gasteiger partial charge is 0.463 e. The van der Waals surface area contributed by atoms with Crippen molar-refractivity contribution in [2.75, 3.05) is 6.54 Å². The van der Waals surface area contributed by atoms with Gasteiger partial charge in [0.25, 0.3) is 0 Å². The minimum Gasteiger partial charge on any atom is -0.463 e. The van der Waals surface area contributed by atoms with Crippen LogP contribution in [0.5, 0.6) is 0 Å². The highest BCUT2D eigenvalue weighted by molar-refractivity contribution is 5.14. The first-order valence-corrected chi connectivity index (χ1v) is 7.46. The van der Waals surface area contributed by atoms with Crippen molar-refractivity contribution in [3.8, 4) is 0 Å². The van der Waals surface area contributed by atoms with Crippen molar-refractivity contribution >= 4 is 0 Å². The molecule has 0 aliphatic carbocycles. The Bertz CT molecular complexity index is 549. The third kappa shape index (κ3) is 4.16. The Hall–Kier alpha value is -1.65. The third-order valence-corrected chi connectivity index (χ3v) is 3.59. The lowest BCUT2D eigenvalue weighted by Gasteiger charge is -2.25. The Morgan fingerprint density at radius 3 is 2.71 bits per heavy atom. The molecule has 4 nitrogen and oxygen atoms in total. The van der Waals surface area contributed by atoms with Crippen molar-refractivity contribution in [1.29, 1.82) is 0 Å². The lowest BCUT2D eigenvalue weighted by molar-refractivity contribution is 0.0303. The summed E-state index contributed by atoms with van der Waals surface area (Å²) in [6.45, 7) is 6.20. The van der Waals surface area contributed by atoms with Gasteiger partial charge in [0.1, 0.15) is 17.1 Å². The number of aliphatic hydroxyl groups is 1. The number of hydrogen-bond acceptors (Lipinski definition) is 4. The van der Waals surface area contributed by atoms with E-state index < -0.39 is 5.60 Å². The number of aryl methyl sites for hydroxylation is 1. The number of furan rings is 1. The smallest absolute Gasteiger partial charge is 0.136 e. The zero-order valence-electron chi connectivity index (χ0n) is 13.0. The topological polar surface area (TPSA) is 58.3 Å². The van der Waals surface area contributed by atoms with E-state index in [1.165, 1.54) is 0 Å². The third-order valence-electron chi connectivity index (χ3n) is 3.59. The summed E-state index contributed by atoms with van der Waals surface area (Å²) in [6, 6.07) is 9.74. The molecule has 0 amide bonds. The van der Waals surface area contributed by atoms with Crippen LogP contribution >= 0.6 is 0 Å². The molecule has 0 aliphatic rings. The van der Waals surface area contributed by atoms with Gasteiger partial charge in [-0.25, -0.2) is 0 Å². The zero-order valence-corrected chi connectivity index (χ0v) is 13.0. The second-order valence-corrected chi connectivity index (χ2v) is 5.66. The van der Waals surface area contributed by atoms with Gasteiger partial charge in [-0.15, -0.1) is 0 Å². The summed E-state index contributed by atoms with van der Waals surface area (Å²) in [4.78, 5) is 4.41. The van der Waals surface area contributed by atoms with Crippen LogP contribution in [0.1, 0.15) is 49.9 Å². The van der Waals surface area contributed by atoms with Gasteiger partial charge < -0.3 is 14.8 Å². The molecule has 21 heavy (non-hydrogen) atoms. The Morgan fingerprint density at radius 2 is 2.14 bits per heavy atom. The van der Waals surface area contributed by atoms with Gasteiger partial charge >= 0.3 is 0 Å². The molecule has 2 heterocycles. The fourth-order valence-electron chi connectivity index (χ4n) is 2.36. The van der Waals surface area contributed by atoms with Crippen LogP contribution in [0.4, 0.5) is 0 Å². The lowest BCUT2D eigenvalue weighted by atomic mass is 10.0. The molecule has 0 bridgehead atoms. The van der Waals surface area contributed by atoms with Gasteiger partial charge in [0.2, 0.25) is 0 Å². The minimum absolute atomic E-state index is 0.138. The normalized spacial score (nSPS) is 15.6. The lowest BCUT2D eigenvalue weighted by Crippen LogP contribution is -2.37. The Labute approximate surface area is 126 Å². The number of aromatic nitrogens is 1. The molecule has 0 aromatic carbocycles. The van der Waals surface area contributed by atoms with E-state index >= 15 is 0 Å². The quantitative estimate of drug-likeness (QED) is 0.820. The van der Waals surface area contributed by atoms with Crippen LogP contribution in [0.15, 0.2) is 40.9 Å². The molecular formula is C17H24N2O2. The van der Waals surface area contributed by atoms with Gasteiger partial charge in [0.05, 0.1) is 5.69 Å². The van der Waals surface area contributed by atoms with Crippen LogP contribution in [0.3, 0.4) is 0 Å². The van der Waals surface area contributed by atoms with E-state index in [9.17, 15) is 5.11 Å². The van der Waals surface area contributed by atoms with Crippen molar-refractivity contribution < 1.29 is 9.52 Å². The van der Waals surface area contributed by atoms with Crippen molar-refractivity contribution in [1.82, 2.24) is 10.3 Å². The summed E-state index contributed by atoms with van der Waals surface area (Å²) in [7, 11) is 0. The van der Waals surface area contributed by atoms with Crippen LogP contribution in [-0.2, 0) is 5.60 Å². The second-order valence-electron chi connectivity index (χ2n) is 5.66. The molecule has 2 aromatic heterocycles. The first kappa shape index (κ1) is 15.7. The molecular weight excluding hydrogens is 264 g/mol. The fourth-order valence-corrected chi connectivity index (χ4v) is 2.36. The van der Waals surface area contributed by atoms with Gasteiger partial charge in [-0.2, -0.15) is 0 Å². The standard InChI is InChI=1S/C17H24N2O2/c1-4-7-14(15-8-5-6-11-18-15)19-12-17(3,20)16-10-9-13(2)21-16/h5-6,8-11,14,19-20H,4,7,12H2,1-3H3. The first-order valence-electron chi connectivity index (χ1n) is 7.46. The summed E-state index contributed by atoms with van der Waals surface area (Å²) in [5, 5.41) is 14.0. The second kappa shape index (κ2) is 6.87. The molecule has 0 fully saturated rings. The number of nitrogens with one attached hydrogen (secondary N) is 1. The van der Waals surface area contributed by atoms with E-state index in [1.807, 2.05) is 37.3 Å². The molecule has 0 spiro atoms. The summed E-state index contributed by atoms with van der Waals surface area (Å²) < 4.78 is 5.54. The van der Waals surface area contributed by atoms with Gasteiger partial charge in [-0.1, -0.05) is 19.4 Å². The maximum Gasteiger partial charge on any atom is 0.136 e. The summed E-state index contributed by atoms with van der Waals surface area (Å²) in [5.41, 5.74) is -0.0274. The fraction of sp³-hybridized carbons (Fsp3) is 0.471. The Balaban J connectivity index is 2.04. The van der Waals surface area contributed by atoms with Gasteiger partial charge in [-0.05, 0) is 44.5 Å². The zero-order chi connectivity index (χ0) is 15.3. The molecule has 0 aliphatic heterocycles. The van der Waals surface area contributed by atoms with Crippen LogP contribution in [-0.4, -0.2) is 16.6 Å². The van der Waals surface area contributed by atoms with Crippen LogP contribution in [0.25, 0.3) is 0 Å². The highest BCUT2D eigenvalue weighted by Gasteiger charge is 2.28. The number of rotatable bonds is 7. The predicted molar refractivity (Wildman–Crippen MR) is 82.9 cm³/mol. The molecule has 2 N–H and O–H groups in total. The average molecular weight is 288 g/mol. The molecule has 4 heteroatoms. The SMILES string of the molecule is CCCC(NCC(C)(O)c1ccc(C)o1)c1ccccn1. The Kier molecular flexibility index (Phi) is 5.15. The van der Waals surface area contributed by atoms with Gasteiger partial charge in [-0.3, -0.25) is 4.98 Å². The van der Waals surface area contributed by atoms with Crippen LogP contribution in [0.2, 0.25) is 0 Å². The summed E-state index contributed by atoms with van der Waals surface area (Å²) >= 11 is 0. The molecule has 2 unspecified atom stereocenters. The van der Waals surface area contributed by atoms with Crippen molar-refractivity contribution in [3.05, 3.63) is 53.7 Å². The number of nitrogens with zero attached hydrogens (tertiary/aromatic N) is 1. The average Bonchev–Trinajstić information content (AvgIpc) is 2.92. The van der Waals surface area contributed by atoms with E-state index in [2.05, 4.69) is 17.2 Å². The molecule has 0 saturated heterocycles. The van der Waals surface area contributed by atoms with Crippen molar-refractivity contribution in [2.24, 2.45) is 0 Å². The molecule has 0 saturated carbocycles. The Morgan fingerprint density at radius 1 is 1.33 bits per heavy atom. The van der Waals surface area contributed by atoms with Crippen molar-refractivity contribution in [2.45, 2.75) is 45.3 Å². The van der Waals surface area contributed by atoms with E-state index in [4.69, 9.17) is 4.42 Å². The van der Waals surface area contributed by atoms with E-state index in [0.29, 0.717) is 12.3 Å². The molecule has 0 radical (unpaired) electrons. The highest BCUT2D eigenvalue weighted by atomic mass is 16.4. The van der Waals surface area contributed by atoms with Gasteiger partial charge in [0.15, 0.2) is 0 Å². The molecule has 114 valence electrons. The number of pyridine rings is 1. The predicted octanol–water partition coefficient (Wildman–Crippen LogP) is 3.32. The van der Waals surface area contributed by atoms with Crippen molar-refractivity contribution in [3.63, 3.8) is 0 Å². The van der Waals surface area contributed by atoms with E-state index in [1.54, 1.807) is 13.1 Å². The minimum atomic E-state index is -1.03. The monoisotopic (exact) mass is 288 g/mol. The maximum atomic E-state index is 10.6. The summed E-state index contributed by atoms with van der Waals surface area (Å²) in [5.74, 6) is 1.39. The maximum absolute atomic E-state index is 10.6. The molecule has 2 atom stereocenters. The highest BCUT2D eigenvalue weighted by Crippen LogP contribution is 2.24. The van der Waals surface area contributed by atoms with Crippen LogP contribution < -0.4 is 5.32 Å². The summed E-state index contributed by atoms with van der Waals surface area (Å²) in [6.07, 6.45) is 3.83. The van der Waals surface area contributed by atoms with E-state index in [-0.39, 0.29) is 6.04 Å². The number of hydrogen-bond donors (Lipinski definition) is 2. The van der Waals surface area contributed by atoms with E-state index in [0.717, 1.165) is 24.3 Å². The molecule has 2 rings (SSSR count).